The highest BCUT2D eigenvalue weighted by Crippen LogP contribution is 2.15. The molecule has 6 heteroatoms. The summed E-state index contributed by atoms with van der Waals surface area (Å²) in [7, 11) is 1.50. The fourth-order valence-corrected chi connectivity index (χ4v) is 1.67. The van der Waals surface area contributed by atoms with Crippen molar-refractivity contribution in [1.29, 1.82) is 0 Å². The maximum atomic E-state index is 12.1. The molecule has 20 heavy (non-hydrogen) atoms. The monoisotopic (exact) mass is 340 g/mol. The van der Waals surface area contributed by atoms with Crippen LogP contribution in [0.3, 0.4) is 0 Å². The number of halogens is 1. The lowest BCUT2D eigenvalue weighted by Crippen LogP contribution is -2.25. The van der Waals surface area contributed by atoms with E-state index in [2.05, 4.69) is 26.2 Å². The van der Waals surface area contributed by atoms with Crippen LogP contribution in [-0.4, -0.2) is 29.5 Å². The van der Waals surface area contributed by atoms with Crippen LogP contribution in [0.5, 0.6) is 0 Å². The number of nitrogens with one attached hydrogen (secondary N) is 1. The van der Waals surface area contributed by atoms with Crippen LogP contribution in [0.4, 0.5) is 0 Å². The smallest absolute Gasteiger partial charge is 0.338 e. The molecule has 0 bridgehead atoms. The van der Waals surface area contributed by atoms with Gasteiger partial charge in [-0.25, -0.2) is 9.78 Å². The van der Waals surface area contributed by atoms with E-state index in [9.17, 15) is 9.59 Å². The van der Waals surface area contributed by atoms with Gasteiger partial charge in [0.15, 0.2) is 0 Å². The van der Waals surface area contributed by atoms with E-state index >= 15 is 0 Å². The van der Waals surface area contributed by atoms with Crippen LogP contribution < -0.4 is 5.32 Å². The van der Waals surface area contributed by atoms with Gasteiger partial charge in [0.2, 0.25) is 0 Å². The molecule has 0 fully saturated rings. The van der Waals surface area contributed by atoms with Crippen LogP contribution in [0.1, 0.15) is 47.3 Å². The van der Waals surface area contributed by atoms with E-state index in [1.54, 1.807) is 37.9 Å². The summed E-state index contributed by atoms with van der Waals surface area (Å²) in [6.07, 6.45) is 1.64. The fraction of sp³-hybridized carbons (Fsp3) is 0.357. The normalized spacial score (nSPS) is 11.4. The molecule has 0 unspecified atom stereocenters. The molecule has 1 heterocycles. The number of ether oxygens (including phenoxy) is 1. The largest absolute Gasteiger partial charge is 0.456 e. The van der Waals surface area contributed by atoms with Gasteiger partial charge in [0.1, 0.15) is 11.3 Å². The zero-order valence-electron chi connectivity index (χ0n) is 11.9. The molecule has 0 atom stereocenters. The summed E-state index contributed by atoms with van der Waals surface area (Å²) in [6, 6.07) is 2.98. The summed E-state index contributed by atoms with van der Waals surface area (Å²) >= 11 is 3.14. The zero-order valence-corrected chi connectivity index (χ0v) is 13.4. The third-order valence-electron chi connectivity index (χ3n) is 2.17. The van der Waals surface area contributed by atoms with E-state index in [4.69, 9.17) is 4.74 Å². The molecule has 1 aromatic rings. The molecule has 0 aliphatic rings. The highest BCUT2D eigenvalue weighted by molar-refractivity contribution is 9.11. The molecule has 0 spiro atoms. The van der Waals surface area contributed by atoms with E-state index < -0.39 is 11.6 Å². The third-order valence-corrected chi connectivity index (χ3v) is 2.44. The Bertz CT molecular complexity index is 548. The number of hydrogen-bond donors (Lipinski definition) is 1. The summed E-state index contributed by atoms with van der Waals surface area (Å²) in [5.41, 5.74) is 0.341. The Balaban J connectivity index is 3.21. The first-order valence-electron chi connectivity index (χ1n) is 6.01. The van der Waals surface area contributed by atoms with E-state index in [0.29, 0.717) is 5.69 Å². The highest BCUT2D eigenvalue weighted by atomic mass is 79.9. The fourth-order valence-electron chi connectivity index (χ4n) is 1.40. The first-order valence-corrected chi connectivity index (χ1v) is 6.92. The molecule has 108 valence electrons. The van der Waals surface area contributed by atoms with Crippen molar-refractivity contribution < 1.29 is 14.3 Å². The second kappa shape index (κ2) is 6.65. The van der Waals surface area contributed by atoms with Gasteiger partial charge in [-0.15, -0.1) is 0 Å². The van der Waals surface area contributed by atoms with Gasteiger partial charge in [0.25, 0.3) is 5.91 Å². The van der Waals surface area contributed by atoms with Crippen molar-refractivity contribution in [2.75, 3.05) is 7.05 Å². The van der Waals surface area contributed by atoms with Gasteiger partial charge in [-0.1, -0.05) is 15.9 Å². The predicted molar refractivity (Wildman–Crippen MR) is 80.8 cm³/mol. The molecular weight excluding hydrogens is 324 g/mol. The Morgan fingerprint density at radius 3 is 2.50 bits per heavy atom. The summed E-state index contributed by atoms with van der Waals surface area (Å²) in [6.45, 7) is 5.35. The van der Waals surface area contributed by atoms with E-state index in [-0.39, 0.29) is 17.2 Å². The number of nitrogens with zero attached hydrogens (tertiary/aromatic N) is 1. The molecule has 0 saturated heterocycles. The van der Waals surface area contributed by atoms with Crippen molar-refractivity contribution in [1.82, 2.24) is 10.3 Å². The van der Waals surface area contributed by atoms with Gasteiger partial charge in [-0.2, -0.15) is 0 Å². The first-order chi connectivity index (χ1) is 9.26. The van der Waals surface area contributed by atoms with Crippen LogP contribution in [0.15, 0.2) is 17.1 Å². The van der Waals surface area contributed by atoms with Crippen molar-refractivity contribution in [3.8, 4) is 0 Å². The topological polar surface area (TPSA) is 68.3 Å². The molecule has 0 aromatic carbocycles. The Hall–Kier alpha value is -1.69. The maximum Gasteiger partial charge on any atom is 0.338 e. The molecule has 1 rings (SSSR count). The number of carbonyl (C=O) groups is 2. The third kappa shape index (κ3) is 4.77. The molecule has 0 radical (unpaired) electrons. The van der Waals surface area contributed by atoms with E-state index in [1.807, 2.05) is 0 Å². The molecule has 1 aromatic heterocycles. The lowest BCUT2D eigenvalue weighted by molar-refractivity contribution is 0.00693. The molecule has 0 saturated carbocycles. The van der Waals surface area contributed by atoms with Gasteiger partial charge in [0.05, 0.1) is 11.3 Å². The second-order valence-electron chi connectivity index (χ2n) is 5.04. The van der Waals surface area contributed by atoms with Crippen molar-refractivity contribution in [2.45, 2.75) is 26.4 Å². The van der Waals surface area contributed by atoms with E-state index in [0.717, 1.165) is 0 Å². The van der Waals surface area contributed by atoms with Crippen LogP contribution >= 0.6 is 15.9 Å². The van der Waals surface area contributed by atoms with Gasteiger partial charge < -0.3 is 10.1 Å². The summed E-state index contributed by atoms with van der Waals surface area (Å²) in [5, 5.41) is 2.48. The predicted octanol–water partition coefficient (Wildman–Crippen LogP) is 2.76. The Labute approximate surface area is 126 Å². The number of hydrogen-bond acceptors (Lipinski definition) is 4. The minimum atomic E-state index is -0.598. The standard InChI is InChI=1S/C14H17BrN2O3/c1-14(2,3)20-13(19)9-7-10(5-6-15)17-11(8-9)12(18)16-4/h5-8H,1-4H3,(H,16,18). The number of pyridine rings is 1. The molecule has 0 aliphatic carbocycles. The van der Waals surface area contributed by atoms with Gasteiger partial charge in [-0.3, -0.25) is 4.79 Å². The van der Waals surface area contributed by atoms with Crippen molar-refractivity contribution in [3.63, 3.8) is 0 Å². The molecule has 0 aliphatic heterocycles. The van der Waals surface area contributed by atoms with Gasteiger partial charge >= 0.3 is 5.97 Å². The Kier molecular flexibility index (Phi) is 5.44. The summed E-state index contributed by atoms with van der Waals surface area (Å²) < 4.78 is 5.29. The quantitative estimate of drug-likeness (QED) is 0.859. The maximum absolute atomic E-state index is 12.1. The van der Waals surface area contributed by atoms with Crippen LogP contribution in [0.25, 0.3) is 6.08 Å². The number of amides is 1. The van der Waals surface area contributed by atoms with Crippen molar-refractivity contribution in [2.24, 2.45) is 0 Å². The minimum Gasteiger partial charge on any atom is -0.456 e. The number of rotatable bonds is 3. The average molecular weight is 341 g/mol. The van der Waals surface area contributed by atoms with Crippen LogP contribution in [0, 0.1) is 0 Å². The Morgan fingerprint density at radius 2 is 2.00 bits per heavy atom. The van der Waals surface area contributed by atoms with Gasteiger partial charge in [-0.05, 0) is 44.0 Å². The lowest BCUT2D eigenvalue weighted by Gasteiger charge is -2.19. The molecule has 1 N–H and O–H groups in total. The Morgan fingerprint density at radius 1 is 1.35 bits per heavy atom. The van der Waals surface area contributed by atoms with Gasteiger partial charge in [0, 0.05) is 7.05 Å². The number of carbonyl (C=O) groups excluding carboxylic acids is 2. The summed E-state index contributed by atoms with van der Waals surface area (Å²) in [5.74, 6) is -0.853. The number of aromatic nitrogens is 1. The summed E-state index contributed by atoms with van der Waals surface area (Å²) in [4.78, 5) is 29.5. The SMILES string of the molecule is CNC(=O)c1cc(C(=O)OC(C)(C)C)cc(C=CBr)n1. The van der Waals surface area contributed by atoms with Crippen LogP contribution in [-0.2, 0) is 4.74 Å². The number of esters is 1. The van der Waals surface area contributed by atoms with Crippen molar-refractivity contribution >= 4 is 33.9 Å². The minimum absolute atomic E-state index is 0.163. The molecule has 1 amide bonds. The van der Waals surface area contributed by atoms with Crippen LogP contribution in [0.2, 0.25) is 0 Å². The molecule has 5 nitrogen and oxygen atoms in total. The average Bonchev–Trinajstić information content (AvgIpc) is 2.35. The highest BCUT2D eigenvalue weighted by Gasteiger charge is 2.20. The van der Waals surface area contributed by atoms with E-state index in [1.165, 1.54) is 13.1 Å². The second-order valence-corrected chi connectivity index (χ2v) is 5.57. The van der Waals surface area contributed by atoms with Crippen molar-refractivity contribution in [3.05, 3.63) is 34.1 Å². The molecular formula is C14H17BrN2O3. The zero-order chi connectivity index (χ0) is 15.3. The lowest BCUT2D eigenvalue weighted by atomic mass is 10.1. The first kappa shape index (κ1) is 16.4.